The highest BCUT2D eigenvalue weighted by molar-refractivity contribution is 6.05. The number of allylic oxidation sites excluding steroid dienone is 3. The van der Waals surface area contributed by atoms with E-state index in [2.05, 4.69) is 4.90 Å². The quantitative estimate of drug-likeness (QED) is 0.666. The first kappa shape index (κ1) is 21.3. The topological polar surface area (TPSA) is 66.8 Å². The third-order valence-corrected chi connectivity index (χ3v) is 6.16. The smallest absolute Gasteiger partial charge is 0.311 e. The van der Waals surface area contributed by atoms with E-state index in [-0.39, 0.29) is 11.7 Å². The molecule has 1 fully saturated rings. The van der Waals surface area contributed by atoms with Crippen molar-refractivity contribution in [3.8, 4) is 5.75 Å². The Morgan fingerprint density at radius 3 is 2.45 bits per heavy atom. The lowest BCUT2D eigenvalue weighted by atomic mass is 9.62. The van der Waals surface area contributed by atoms with E-state index in [4.69, 9.17) is 4.74 Å². The van der Waals surface area contributed by atoms with Crippen LogP contribution in [0, 0.1) is 17.3 Å². The average molecular weight is 398 g/mol. The number of hydrogen-bond acceptors (Lipinski definition) is 4. The zero-order valence-corrected chi connectivity index (χ0v) is 17.3. The molecular weight excluding hydrogens is 366 g/mol. The lowest BCUT2D eigenvalue weighted by Gasteiger charge is -2.38. The maximum atomic E-state index is 13.4. The number of piperidine rings is 1. The first-order chi connectivity index (χ1) is 13.9. The van der Waals surface area contributed by atoms with Gasteiger partial charge in [0.1, 0.15) is 12.4 Å². The lowest BCUT2D eigenvalue weighted by Crippen LogP contribution is -2.45. The number of benzene rings is 1. The summed E-state index contributed by atoms with van der Waals surface area (Å²) in [5, 5.41) is 9.71. The number of hydrogen-bond donors (Lipinski definition) is 1. The fraction of sp³-hybridized carbons (Fsp3) is 0.500. The number of aliphatic carboxylic acids is 1. The molecule has 5 nitrogen and oxygen atoms in total. The molecule has 0 aromatic heterocycles. The predicted molar refractivity (Wildman–Crippen MR) is 113 cm³/mol. The molecule has 1 aliphatic carbocycles. The van der Waals surface area contributed by atoms with Gasteiger partial charge in [0.2, 0.25) is 0 Å². The van der Waals surface area contributed by atoms with Crippen LogP contribution in [0.3, 0.4) is 0 Å². The minimum Gasteiger partial charge on any atom is -0.492 e. The molecule has 1 heterocycles. The number of carboxylic acid groups (broad SMARTS) is 1. The molecule has 0 amide bonds. The molecule has 2 aliphatic rings. The number of carboxylic acids is 1. The normalized spacial score (nSPS) is 24.6. The minimum atomic E-state index is -1.09. The van der Waals surface area contributed by atoms with E-state index in [9.17, 15) is 14.7 Å². The van der Waals surface area contributed by atoms with Gasteiger partial charge in [0.05, 0.1) is 11.3 Å². The van der Waals surface area contributed by atoms with Gasteiger partial charge in [-0.3, -0.25) is 14.5 Å². The molecule has 5 heteroatoms. The average Bonchev–Trinajstić information content (AvgIpc) is 2.74. The van der Waals surface area contributed by atoms with E-state index in [0.717, 1.165) is 25.4 Å². The number of rotatable bonds is 8. The van der Waals surface area contributed by atoms with E-state index in [1.54, 1.807) is 48.6 Å². The molecule has 0 spiro atoms. The second-order valence-corrected chi connectivity index (χ2v) is 8.25. The molecule has 3 rings (SSSR count). The van der Waals surface area contributed by atoms with Crippen LogP contribution in [0.4, 0.5) is 0 Å². The van der Waals surface area contributed by atoms with Crippen LogP contribution in [0.25, 0.3) is 0 Å². The summed E-state index contributed by atoms with van der Waals surface area (Å²) in [6, 6.07) is 7.09. The minimum absolute atomic E-state index is 0.155. The summed E-state index contributed by atoms with van der Waals surface area (Å²) in [6.07, 6.45) is 10.7. The first-order valence-electron chi connectivity index (χ1n) is 10.5. The highest BCUT2D eigenvalue weighted by atomic mass is 16.5. The third-order valence-electron chi connectivity index (χ3n) is 6.16. The van der Waals surface area contributed by atoms with Crippen molar-refractivity contribution in [2.45, 2.75) is 33.1 Å². The van der Waals surface area contributed by atoms with Crippen LogP contribution in [0.5, 0.6) is 5.75 Å². The van der Waals surface area contributed by atoms with Gasteiger partial charge in [-0.05, 0) is 56.1 Å². The molecular formula is C24H31NO4. The Kier molecular flexibility index (Phi) is 6.91. The Bertz CT molecular complexity index is 775. The summed E-state index contributed by atoms with van der Waals surface area (Å²) in [4.78, 5) is 27.7. The molecule has 1 N–H and O–H groups in total. The van der Waals surface area contributed by atoms with Crippen LogP contribution in [0.1, 0.15) is 43.5 Å². The van der Waals surface area contributed by atoms with E-state index in [1.165, 1.54) is 19.3 Å². The summed E-state index contributed by atoms with van der Waals surface area (Å²) >= 11 is 0. The van der Waals surface area contributed by atoms with Gasteiger partial charge in [-0.25, -0.2) is 0 Å². The van der Waals surface area contributed by atoms with Crippen molar-refractivity contribution in [2.24, 2.45) is 17.3 Å². The van der Waals surface area contributed by atoms with Crippen molar-refractivity contribution in [3.63, 3.8) is 0 Å². The van der Waals surface area contributed by atoms with Gasteiger partial charge in [-0.1, -0.05) is 44.6 Å². The van der Waals surface area contributed by atoms with Gasteiger partial charge in [0.25, 0.3) is 0 Å². The first-order valence-corrected chi connectivity index (χ1v) is 10.5. The zero-order valence-electron chi connectivity index (χ0n) is 17.3. The molecule has 0 saturated carbocycles. The standard InChI is InChI=1S/C24H31NO4/c1-18(2)24(13-5-4-8-21(24)23(27)28)22(26)19-9-11-20(12-10-19)29-17-16-25-14-6-3-7-15-25/h4-5,8-13,18,21H,3,6-7,14-17H2,1-2H3,(H,27,28). The van der Waals surface area contributed by atoms with Crippen molar-refractivity contribution in [3.05, 3.63) is 54.1 Å². The molecule has 29 heavy (non-hydrogen) atoms. The molecule has 2 unspecified atom stereocenters. The Morgan fingerprint density at radius 1 is 1.14 bits per heavy atom. The van der Waals surface area contributed by atoms with Crippen molar-refractivity contribution < 1.29 is 19.4 Å². The monoisotopic (exact) mass is 397 g/mol. The third kappa shape index (κ3) is 4.61. The number of ketones is 1. The molecule has 1 aromatic carbocycles. The number of carbonyl (C=O) groups excluding carboxylic acids is 1. The van der Waals surface area contributed by atoms with Crippen LogP contribution in [0.2, 0.25) is 0 Å². The van der Waals surface area contributed by atoms with E-state index >= 15 is 0 Å². The Hall–Kier alpha value is -2.40. The van der Waals surface area contributed by atoms with Gasteiger partial charge in [0.15, 0.2) is 5.78 Å². The molecule has 1 saturated heterocycles. The van der Waals surface area contributed by atoms with Crippen LogP contribution in [-0.4, -0.2) is 48.0 Å². The predicted octanol–water partition coefficient (Wildman–Crippen LogP) is 4.20. The van der Waals surface area contributed by atoms with Crippen molar-refractivity contribution in [1.82, 2.24) is 4.90 Å². The second kappa shape index (κ2) is 9.40. The van der Waals surface area contributed by atoms with Crippen LogP contribution < -0.4 is 4.74 Å². The summed E-state index contributed by atoms with van der Waals surface area (Å²) in [6.45, 7) is 7.61. The van der Waals surface area contributed by atoms with Gasteiger partial charge in [-0.15, -0.1) is 0 Å². The maximum Gasteiger partial charge on any atom is 0.311 e. The van der Waals surface area contributed by atoms with Gasteiger partial charge in [0, 0.05) is 12.1 Å². The van der Waals surface area contributed by atoms with E-state index in [1.807, 2.05) is 13.8 Å². The second-order valence-electron chi connectivity index (χ2n) is 8.25. The maximum absolute atomic E-state index is 13.4. The van der Waals surface area contributed by atoms with Crippen LogP contribution in [-0.2, 0) is 4.79 Å². The highest BCUT2D eigenvalue weighted by Crippen LogP contribution is 2.43. The SMILES string of the molecule is CC(C)C1(C(=O)c2ccc(OCCN3CCCCC3)cc2)C=CC=CC1C(=O)O. The van der Waals surface area contributed by atoms with Gasteiger partial charge < -0.3 is 9.84 Å². The van der Waals surface area contributed by atoms with Gasteiger partial charge >= 0.3 is 5.97 Å². The van der Waals surface area contributed by atoms with Crippen molar-refractivity contribution >= 4 is 11.8 Å². The molecule has 0 radical (unpaired) electrons. The number of likely N-dealkylation sites (tertiary alicyclic amines) is 1. The zero-order chi connectivity index (χ0) is 20.9. The number of carbonyl (C=O) groups is 2. The fourth-order valence-corrected chi connectivity index (χ4v) is 4.40. The summed E-state index contributed by atoms with van der Waals surface area (Å²) in [5.41, 5.74) is -0.578. The summed E-state index contributed by atoms with van der Waals surface area (Å²) in [7, 11) is 0. The molecule has 1 aliphatic heterocycles. The molecule has 0 bridgehead atoms. The highest BCUT2D eigenvalue weighted by Gasteiger charge is 2.49. The van der Waals surface area contributed by atoms with Gasteiger partial charge in [-0.2, -0.15) is 0 Å². The number of Topliss-reactive ketones (excluding diaryl/α,β-unsaturated/α-hetero) is 1. The Morgan fingerprint density at radius 2 is 1.83 bits per heavy atom. The molecule has 2 atom stereocenters. The molecule has 156 valence electrons. The number of ether oxygens (including phenoxy) is 1. The largest absolute Gasteiger partial charge is 0.492 e. The number of nitrogens with zero attached hydrogens (tertiary/aromatic N) is 1. The van der Waals surface area contributed by atoms with Crippen LogP contribution in [0.15, 0.2) is 48.6 Å². The van der Waals surface area contributed by atoms with Crippen LogP contribution >= 0.6 is 0 Å². The van der Waals surface area contributed by atoms with E-state index in [0.29, 0.717) is 12.2 Å². The van der Waals surface area contributed by atoms with Crippen molar-refractivity contribution in [2.75, 3.05) is 26.2 Å². The Balaban J connectivity index is 1.69. The lowest BCUT2D eigenvalue weighted by molar-refractivity contribution is -0.143. The summed E-state index contributed by atoms with van der Waals surface area (Å²) < 4.78 is 5.85. The van der Waals surface area contributed by atoms with Crippen molar-refractivity contribution in [1.29, 1.82) is 0 Å². The fourth-order valence-electron chi connectivity index (χ4n) is 4.40. The summed E-state index contributed by atoms with van der Waals surface area (Å²) in [5.74, 6) is -1.45. The Labute approximate surface area is 173 Å². The van der Waals surface area contributed by atoms with E-state index < -0.39 is 17.3 Å². The molecule has 1 aromatic rings.